The predicted molar refractivity (Wildman–Crippen MR) is 58.9 cm³/mol. The van der Waals surface area contributed by atoms with Gasteiger partial charge in [-0.3, -0.25) is 0 Å². The highest BCUT2D eigenvalue weighted by Gasteiger charge is 1.97. The molecule has 0 aromatic rings. The summed E-state index contributed by atoms with van der Waals surface area (Å²) in [5.41, 5.74) is 0. The number of hydrogen-bond donors (Lipinski definition) is 1. The van der Waals surface area contributed by atoms with Crippen molar-refractivity contribution in [2.24, 2.45) is 0 Å². The summed E-state index contributed by atoms with van der Waals surface area (Å²) in [7, 11) is 0. The molecule has 14 heavy (non-hydrogen) atoms. The first-order valence-electron chi connectivity index (χ1n) is 4.79. The van der Waals surface area contributed by atoms with E-state index in [4.69, 9.17) is 14.6 Å². The number of rotatable bonds is 6. The standard InChI is InChI=1S/C7H12O2.C4H10O/c1-4-9-7(3)5-6(2)8;1-3-5-4-2/h4,6,8H,1,3,5H2,2H3;3-4H2,1-2H3. The highest BCUT2D eigenvalue weighted by molar-refractivity contribution is 4.86. The van der Waals surface area contributed by atoms with Crippen molar-refractivity contribution in [2.75, 3.05) is 13.2 Å². The number of aliphatic hydroxyl groups excluding tert-OH is 1. The lowest BCUT2D eigenvalue weighted by Crippen LogP contribution is -2.00. The second-order valence-corrected chi connectivity index (χ2v) is 2.66. The van der Waals surface area contributed by atoms with E-state index in [1.54, 1.807) is 6.92 Å². The zero-order valence-electron chi connectivity index (χ0n) is 9.45. The van der Waals surface area contributed by atoms with Gasteiger partial charge in [0.15, 0.2) is 0 Å². The fourth-order valence-corrected chi connectivity index (χ4v) is 0.700. The van der Waals surface area contributed by atoms with E-state index in [0.29, 0.717) is 12.2 Å². The molecule has 0 aliphatic carbocycles. The third-order valence-electron chi connectivity index (χ3n) is 1.18. The Balaban J connectivity index is 0. The van der Waals surface area contributed by atoms with Crippen molar-refractivity contribution < 1.29 is 14.6 Å². The molecule has 0 radical (unpaired) electrons. The van der Waals surface area contributed by atoms with Crippen LogP contribution in [0.4, 0.5) is 0 Å². The maximum Gasteiger partial charge on any atom is 0.0985 e. The molecule has 84 valence electrons. The van der Waals surface area contributed by atoms with E-state index in [2.05, 4.69) is 13.2 Å². The molecule has 0 aromatic carbocycles. The Morgan fingerprint density at radius 1 is 1.43 bits per heavy atom. The van der Waals surface area contributed by atoms with E-state index in [0.717, 1.165) is 13.2 Å². The number of ether oxygens (including phenoxy) is 2. The van der Waals surface area contributed by atoms with Gasteiger partial charge in [0.25, 0.3) is 0 Å². The molecule has 0 amide bonds. The molecule has 0 aromatic heterocycles. The molecule has 0 saturated carbocycles. The molecule has 0 bridgehead atoms. The first kappa shape index (κ1) is 15.7. The van der Waals surface area contributed by atoms with Crippen molar-refractivity contribution in [1.29, 1.82) is 0 Å². The molecule has 0 spiro atoms. The van der Waals surface area contributed by atoms with E-state index < -0.39 is 6.10 Å². The Hall–Kier alpha value is -0.800. The summed E-state index contributed by atoms with van der Waals surface area (Å²) in [5.74, 6) is 0.542. The van der Waals surface area contributed by atoms with Crippen molar-refractivity contribution >= 4 is 0 Å². The van der Waals surface area contributed by atoms with Crippen molar-refractivity contribution in [3.63, 3.8) is 0 Å². The van der Waals surface area contributed by atoms with Gasteiger partial charge in [0.1, 0.15) is 0 Å². The molecule has 3 nitrogen and oxygen atoms in total. The van der Waals surface area contributed by atoms with Gasteiger partial charge in [-0.2, -0.15) is 0 Å². The van der Waals surface area contributed by atoms with Crippen LogP contribution in [0.15, 0.2) is 25.2 Å². The molecular formula is C11H22O3. The van der Waals surface area contributed by atoms with Crippen LogP contribution in [-0.4, -0.2) is 24.4 Å². The van der Waals surface area contributed by atoms with E-state index in [-0.39, 0.29) is 0 Å². The van der Waals surface area contributed by atoms with Crippen LogP contribution in [0.25, 0.3) is 0 Å². The number of aliphatic hydroxyl groups is 1. The third kappa shape index (κ3) is 17.3. The molecule has 0 fully saturated rings. The predicted octanol–water partition coefficient (Wildman–Crippen LogP) is 2.47. The second kappa shape index (κ2) is 12.2. The highest BCUT2D eigenvalue weighted by atomic mass is 16.5. The van der Waals surface area contributed by atoms with Crippen molar-refractivity contribution in [2.45, 2.75) is 33.3 Å². The van der Waals surface area contributed by atoms with Crippen LogP contribution in [0.1, 0.15) is 27.2 Å². The Kier molecular flexibility index (Phi) is 13.6. The lowest BCUT2D eigenvalue weighted by atomic mass is 10.3. The van der Waals surface area contributed by atoms with Crippen LogP contribution < -0.4 is 0 Å². The average molecular weight is 202 g/mol. The average Bonchev–Trinajstić information content (AvgIpc) is 2.05. The van der Waals surface area contributed by atoms with Crippen LogP contribution in [0.3, 0.4) is 0 Å². The van der Waals surface area contributed by atoms with Gasteiger partial charge in [-0.25, -0.2) is 0 Å². The number of hydrogen-bond acceptors (Lipinski definition) is 3. The van der Waals surface area contributed by atoms with Gasteiger partial charge < -0.3 is 14.6 Å². The third-order valence-corrected chi connectivity index (χ3v) is 1.18. The molecule has 3 heteroatoms. The SMILES string of the molecule is C=COC(=C)CC(C)O.CCOCC. The lowest BCUT2D eigenvalue weighted by Gasteiger charge is -2.04. The Bertz CT molecular complexity index is 139. The largest absolute Gasteiger partial charge is 0.471 e. The van der Waals surface area contributed by atoms with E-state index in [9.17, 15) is 0 Å². The van der Waals surface area contributed by atoms with Gasteiger partial charge in [0.2, 0.25) is 0 Å². The summed E-state index contributed by atoms with van der Waals surface area (Å²) in [6, 6.07) is 0. The molecule has 1 atom stereocenters. The fourth-order valence-electron chi connectivity index (χ4n) is 0.700. The Labute approximate surface area is 87.0 Å². The van der Waals surface area contributed by atoms with Crippen LogP contribution in [0, 0.1) is 0 Å². The van der Waals surface area contributed by atoms with Crippen molar-refractivity contribution in [1.82, 2.24) is 0 Å². The Morgan fingerprint density at radius 3 is 2.14 bits per heavy atom. The minimum Gasteiger partial charge on any atom is -0.471 e. The summed E-state index contributed by atoms with van der Waals surface area (Å²) in [6.07, 6.45) is 1.37. The summed E-state index contributed by atoms with van der Waals surface area (Å²) < 4.78 is 9.60. The topological polar surface area (TPSA) is 38.7 Å². The first-order chi connectivity index (χ1) is 6.58. The molecule has 1 unspecified atom stereocenters. The zero-order valence-corrected chi connectivity index (χ0v) is 9.45. The quantitative estimate of drug-likeness (QED) is 0.672. The first-order valence-corrected chi connectivity index (χ1v) is 4.79. The minimum atomic E-state index is -0.391. The molecular weight excluding hydrogens is 180 g/mol. The Morgan fingerprint density at radius 2 is 1.93 bits per heavy atom. The van der Waals surface area contributed by atoms with Crippen LogP contribution >= 0.6 is 0 Å². The summed E-state index contributed by atoms with van der Waals surface area (Å²) >= 11 is 0. The van der Waals surface area contributed by atoms with Gasteiger partial charge >= 0.3 is 0 Å². The maximum absolute atomic E-state index is 8.77. The van der Waals surface area contributed by atoms with Gasteiger partial charge in [-0.05, 0) is 20.8 Å². The van der Waals surface area contributed by atoms with E-state index in [1.807, 2.05) is 13.8 Å². The van der Waals surface area contributed by atoms with Crippen molar-refractivity contribution in [3.8, 4) is 0 Å². The zero-order chi connectivity index (χ0) is 11.4. The molecule has 0 rings (SSSR count). The van der Waals surface area contributed by atoms with Gasteiger partial charge in [-0.1, -0.05) is 13.2 Å². The highest BCUT2D eigenvalue weighted by Crippen LogP contribution is 2.03. The molecule has 1 N–H and O–H groups in total. The normalized spacial score (nSPS) is 10.9. The molecule has 0 saturated heterocycles. The monoisotopic (exact) mass is 202 g/mol. The van der Waals surface area contributed by atoms with Crippen LogP contribution in [0.5, 0.6) is 0 Å². The van der Waals surface area contributed by atoms with Crippen molar-refractivity contribution in [3.05, 3.63) is 25.2 Å². The van der Waals surface area contributed by atoms with Crippen LogP contribution in [0.2, 0.25) is 0 Å². The molecule has 0 heterocycles. The van der Waals surface area contributed by atoms with E-state index >= 15 is 0 Å². The summed E-state index contributed by atoms with van der Waals surface area (Å²) in [4.78, 5) is 0. The van der Waals surface area contributed by atoms with Gasteiger partial charge in [0.05, 0.1) is 18.1 Å². The maximum atomic E-state index is 8.77. The lowest BCUT2D eigenvalue weighted by molar-refractivity contribution is 0.162. The molecule has 0 aliphatic heterocycles. The van der Waals surface area contributed by atoms with Gasteiger partial charge in [0, 0.05) is 19.6 Å². The minimum absolute atomic E-state index is 0.391. The second-order valence-electron chi connectivity index (χ2n) is 2.66. The smallest absolute Gasteiger partial charge is 0.0985 e. The van der Waals surface area contributed by atoms with Gasteiger partial charge in [-0.15, -0.1) is 0 Å². The molecule has 0 aliphatic rings. The van der Waals surface area contributed by atoms with E-state index in [1.165, 1.54) is 6.26 Å². The van der Waals surface area contributed by atoms with Crippen LogP contribution in [-0.2, 0) is 9.47 Å². The fraction of sp³-hybridized carbons (Fsp3) is 0.636. The summed E-state index contributed by atoms with van der Waals surface area (Å²) in [5, 5.41) is 8.77. The summed E-state index contributed by atoms with van der Waals surface area (Å²) in [6.45, 7) is 14.2.